The number of nitrogens with zero attached hydrogens (tertiary/aromatic N) is 2. The highest BCUT2D eigenvalue weighted by molar-refractivity contribution is 7.12. The predicted octanol–water partition coefficient (Wildman–Crippen LogP) is 3.34. The van der Waals surface area contributed by atoms with Gasteiger partial charge in [-0.05, 0) is 38.1 Å². The van der Waals surface area contributed by atoms with Gasteiger partial charge in [-0.25, -0.2) is 0 Å². The van der Waals surface area contributed by atoms with Gasteiger partial charge in [0.15, 0.2) is 5.96 Å². The van der Waals surface area contributed by atoms with Crippen LogP contribution in [0.5, 0.6) is 5.75 Å². The zero-order valence-corrected chi connectivity index (χ0v) is 15.5. The lowest BCUT2D eigenvalue weighted by Crippen LogP contribution is -2.57. The summed E-state index contributed by atoms with van der Waals surface area (Å²) in [6, 6.07) is 9.67. The number of ether oxygens (including phenoxy) is 1. The topological polar surface area (TPSA) is 89.2 Å². The van der Waals surface area contributed by atoms with Crippen LogP contribution in [0.4, 0.5) is 0 Å². The summed E-state index contributed by atoms with van der Waals surface area (Å²) in [6.45, 7) is 3.94. The first-order chi connectivity index (χ1) is 12.3. The molecular weight excluding hydrogens is 348 g/mol. The largest absolute Gasteiger partial charge is 0.485 e. The molecule has 2 atom stereocenters. The second kappa shape index (κ2) is 5.58. The van der Waals surface area contributed by atoms with Crippen molar-refractivity contribution in [2.75, 3.05) is 7.05 Å². The summed E-state index contributed by atoms with van der Waals surface area (Å²) in [5, 5.41) is 20.4. The van der Waals surface area contributed by atoms with Crippen LogP contribution in [-0.2, 0) is 10.3 Å². The predicted molar refractivity (Wildman–Crippen MR) is 99.1 cm³/mol. The van der Waals surface area contributed by atoms with Gasteiger partial charge < -0.3 is 10.1 Å². The first-order valence-corrected chi connectivity index (χ1v) is 9.13. The fourth-order valence-corrected chi connectivity index (χ4v) is 4.69. The van der Waals surface area contributed by atoms with E-state index in [4.69, 9.17) is 10.1 Å². The Morgan fingerprint density at radius 2 is 2.19 bits per heavy atom. The number of fused-ring (bicyclic) bond motifs is 3. The molecule has 0 radical (unpaired) electrons. The number of hydrogen-bond donors (Lipinski definition) is 2. The number of hydrogen-bond acceptors (Lipinski definition) is 5. The van der Waals surface area contributed by atoms with Crippen LogP contribution in [0.2, 0.25) is 0 Å². The maximum atomic E-state index is 12.3. The Balaban J connectivity index is 1.82. The molecule has 2 aliphatic heterocycles. The van der Waals surface area contributed by atoms with Crippen molar-refractivity contribution in [1.82, 2.24) is 10.2 Å². The number of guanidine groups is 1. The Morgan fingerprint density at radius 3 is 2.88 bits per heavy atom. The van der Waals surface area contributed by atoms with Crippen LogP contribution in [0.15, 0.2) is 24.3 Å². The SMILES string of the molecule is CC1Oc2ccc(C#N)cc2-c2cc([C@]3(C)CC(=O)N(C)C(=N)N3)sc21. The van der Waals surface area contributed by atoms with Crippen LogP contribution in [0, 0.1) is 16.7 Å². The van der Waals surface area contributed by atoms with Gasteiger partial charge in [0.25, 0.3) is 0 Å². The van der Waals surface area contributed by atoms with E-state index in [9.17, 15) is 10.1 Å². The molecule has 1 aromatic heterocycles. The normalized spacial score (nSPS) is 24.2. The molecule has 1 aromatic carbocycles. The van der Waals surface area contributed by atoms with Crippen LogP contribution in [0.3, 0.4) is 0 Å². The van der Waals surface area contributed by atoms with Gasteiger partial charge in [0, 0.05) is 23.1 Å². The van der Waals surface area contributed by atoms with Crippen molar-refractivity contribution in [2.24, 2.45) is 0 Å². The molecule has 2 N–H and O–H groups in total. The minimum atomic E-state index is -0.630. The molecule has 7 heteroatoms. The average molecular weight is 366 g/mol. The Morgan fingerprint density at radius 1 is 1.42 bits per heavy atom. The molecule has 0 aliphatic carbocycles. The minimum absolute atomic E-state index is 0.0842. The van der Waals surface area contributed by atoms with E-state index in [1.165, 1.54) is 4.90 Å². The monoisotopic (exact) mass is 366 g/mol. The van der Waals surface area contributed by atoms with Gasteiger partial charge in [-0.15, -0.1) is 11.3 Å². The zero-order valence-electron chi connectivity index (χ0n) is 14.7. The number of nitriles is 1. The van der Waals surface area contributed by atoms with Crippen molar-refractivity contribution in [3.05, 3.63) is 39.6 Å². The number of rotatable bonds is 1. The van der Waals surface area contributed by atoms with Crippen LogP contribution in [0.1, 0.15) is 41.7 Å². The van der Waals surface area contributed by atoms with Crippen molar-refractivity contribution in [2.45, 2.75) is 31.9 Å². The highest BCUT2D eigenvalue weighted by atomic mass is 32.1. The molecule has 0 saturated carbocycles. The first kappa shape index (κ1) is 16.6. The highest BCUT2D eigenvalue weighted by Crippen LogP contribution is 2.49. The number of nitrogens with one attached hydrogen (secondary N) is 2. The van der Waals surface area contributed by atoms with E-state index >= 15 is 0 Å². The smallest absolute Gasteiger partial charge is 0.231 e. The molecule has 4 rings (SSSR count). The molecule has 1 fully saturated rings. The van der Waals surface area contributed by atoms with Gasteiger partial charge in [-0.2, -0.15) is 5.26 Å². The molecule has 0 spiro atoms. The lowest BCUT2D eigenvalue weighted by atomic mass is 9.91. The average Bonchev–Trinajstić information content (AvgIpc) is 3.07. The quantitative estimate of drug-likeness (QED) is 0.810. The summed E-state index contributed by atoms with van der Waals surface area (Å²) < 4.78 is 6.01. The van der Waals surface area contributed by atoms with Gasteiger partial charge >= 0.3 is 0 Å². The summed E-state index contributed by atoms with van der Waals surface area (Å²) in [5.74, 6) is 0.782. The maximum absolute atomic E-state index is 12.3. The summed E-state index contributed by atoms with van der Waals surface area (Å²) in [4.78, 5) is 15.7. The summed E-state index contributed by atoms with van der Waals surface area (Å²) in [6.07, 6.45) is 0.181. The summed E-state index contributed by atoms with van der Waals surface area (Å²) in [5.41, 5.74) is 1.89. The van der Waals surface area contributed by atoms with Gasteiger partial charge in [0.1, 0.15) is 11.9 Å². The maximum Gasteiger partial charge on any atom is 0.231 e. The second-order valence-electron chi connectivity index (χ2n) is 6.91. The third-order valence-corrected chi connectivity index (χ3v) is 6.55. The second-order valence-corrected chi connectivity index (χ2v) is 7.99. The highest BCUT2D eigenvalue weighted by Gasteiger charge is 2.40. The van der Waals surface area contributed by atoms with Crippen LogP contribution in [-0.4, -0.2) is 23.8 Å². The van der Waals surface area contributed by atoms with E-state index in [-0.39, 0.29) is 24.4 Å². The van der Waals surface area contributed by atoms with Gasteiger partial charge in [0.05, 0.1) is 28.5 Å². The molecule has 1 saturated heterocycles. The molecule has 26 heavy (non-hydrogen) atoms. The van der Waals surface area contributed by atoms with Crippen molar-refractivity contribution < 1.29 is 9.53 Å². The number of amides is 1. The van der Waals surface area contributed by atoms with Crippen molar-refractivity contribution in [3.8, 4) is 22.9 Å². The van der Waals surface area contributed by atoms with E-state index in [1.807, 2.05) is 26.0 Å². The Kier molecular flexibility index (Phi) is 3.56. The number of benzene rings is 1. The third kappa shape index (κ3) is 2.37. The number of thiophene rings is 1. The molecule has 2 aliphatic rings. The summed E-state index contributed by atoms with van der Waals surface area (Å²) in [7, 11) is 1.60. The lowest BCUT2D eigenvalue weighted by Gasteiger charge is -2.38. The van der Waals surface area contributed by atoms with E-state index in [1.54, 1.807) is 24.5 Å². The standard InChI is InChI=1S/C19H18N4O2S/c1-10-17-13(12-6-11(9-20)4-5-14(12)25-10)7-15(26-17)19(2)8-16(24)23(3)18(21)22-19/h4-7,10H,8H2,1-3H3,(H2,21,22)/t10?,19-/m0/s1. The van der Waals surface area contributed by atoms with Crippen LogP contribution in [0.25, 0.3) is 11.1 Å². The molecule has 1 amide bonds. The molecule has 0 bridgehead atoms. The fourth-order valence-electron chi connectivity index (χ4n) is 3.43. The van der Waals surface area contributed by atoms with E-state index in [2.05, 4.69) is 17.5 Å². The third-order valence-electron chi connectivity index (χ3n) is 4.99. The van der Waals surface area contributed by atoms with Crippen molar-refractivity contribution in [3.63, 3.8) is 0 Å². The van der Waals surface area contributed by atoms with Gasteiger partial charge in [-0.1, -0.05) is 0 Å². The van der Waals surface area contributed by atoms with Gasteiger partial charge in [-0.3, -0.25) is 15.1 Å². The van der Waals surface area contributed by atoms with Crippen LogP contribution >= 0.6 is 11.3 Å². The zero-order chi connectivity index (χ0) is 18.6. The molecule has 132 valence electrons. The lowest BCUT2D eigenvalue weighted by molar-refractivity contribution is -0.129. The van der Waals surface area contributed by atoms with E-state index in [0.717, 1.165) is 26.6 Å². The summed E-state index contributed by atoms with van der Waals surface area (Å²) >= 11 is 1.59. The molecule has 3 heterocycles. The van der Waals surface area contributed by atoms with E-state index in [0.29, 0.717) is 5.56 Å². The van der Waals surface area contributed by atoms with Crippen molar-refractivity contribution in [1.29, 1.82) is 10.7 Å². The van der Waals surface area contributed by atoms with E-state index < -0.39 is 5.54 Å². The Labute approximate surface area is 155 Å². The fraction of sp³-hybridized carbons (Fsp3) is 0.316. The van der Waals surface area contributed by atoms with Gasteiger partial charge in [0.2, 0.25) is 5.91 Å². The Hall–Kier alpha value is -2.85. The Bertz CT molecular complexity index is 970. The van der Waals surface area contributed by atoms with Crippen molar-refractivity contribution >= 4 is 23.2 Å². The number of carbonyl (C=O) groups excluding carboxylic acids is 1. The first-order valence-electron chi connectivity index (χ1n) is 8.31. The number of carbonyl (C=O) groups is 1. The molecular formula is C19H18N4O2S. The molecule has 6 nitrogen and oxygen atoms in total. The minimum Gasteiger partial charge on any atom is -0.485 e. The molecule has 2 aromatic rings. The molecule has 1 unspecified atom stereocenters. The van der Waals surface area contributed by atoms with Crippen LogP contribution < -0.4 is 10.1 Å².